The van der Waals surface area contributed by atoms with E-state index in [0.29, 0.717) is 0 Å². The highest BCUT2D eigenvalue weighted by atomic mass is 15.0. The lowest BCUT2D eigenvalue weighted by atomic mass is 9.96. The molecule has 1 aromatic heterocycles. The maximum Gasteiger partial charge on any atom is 0.0619 e. The third kappa shape index (κ3) is 3.55. The van der Waals surface area contributed by atoms with E-state index < -0.39 is 0 Å². The molecule has 0 aliphatic rings. The van der Waals surface area contributed by atoms with E-state index in [2.05, 4.69) is 121 Å². The SMILES string of the molecule is C=C/C(=C\C=N)c1cccc(-c2ccc3c(ccc4c5ccc(C)cc5n(-c5ccccc5)c34)c2)c1. The minimum atomic E-state index is 0.942. The van der Waals surface area contributed by atoms with Crippen LogP contribution in [0.15, 0.2) is 122 Å². The van der Waals surface area contributed by atoms with Crippen molar-refractivity contribution in [3.05, 3.63) is 133 Å². The lowest BCUT2D eigenvalue weighted by Crippen LogP contribution is -1.94. The van der Waals surface area contributed by atoms with E-state index in [1.807, 2.05) is 0 Å². The van der Waals surface area contributed by atoms with Gasteiger partial charge in [0.1, 0.15) is 0 Å². The molecule has 0 aliphatic heterocycles. The van der Waals surface area contributed by atoms with Crippen LogP contribution in [0.25, 0.3) is 55.0 Å². The van der Waals surface area contributed by atoms with Gasteiger partial charge >= 0.3 is 0 Å². The maximum atomic E-state index is 7.44. The molecule has 2 heteroatoms. The van der Waals surface area contributed by atoms with Crippen molar-refractivity contribution in [3.8, 4) is 16.8 Å². The fourth-order valence-electron chi connectivity index (χ4n) is 5.22. The van der Waals surface area contributed by atoms with Gasteiger partial charge in [0.15, 0.2) is 0 Å². The summed E-state index contributed by atoms with van der Waals surface area (Å²) < 4.78 is 2.40. The highest BCUT2D eigenvalue weighted by Crippen LogP contribution is 2.38. The Hall–Kier alpha value is -4.69. The lowest BCUT2D eigenvalue weighted by molar-refractivity contribution is 1.18. The third-order valence-corrected chi connectivity index (χ3v) is 6.93. The van der Waals surface area contributed by atoms with Crippen LogP contribution in [0.1, 0.15) is 11.1 Å². The minimum absolute atomic E-state index is 0.942. The molecule has 0 unspecified atom stereocenters. The number of nitrogens with one attached hydrogen (secondary N) is 1. The Morgan fingerprint density at radius 1 is 0.750 bits per heavy atom. The Balaban J connectivity index is 1.60. The van der Waals surface area contributed by atoms with E-state index in [-0.39, 0.29) is 0 Å². The number of allylic oxidation sites excluding steroid dienone is 3. The molecular weight excluding hydrogens is 436 g/mol. The predicted molar refractivity (Wildman–Crippen MR) is 155 cm³/mol. The van der Waals surface area contributed by atoms with Crippen LogP contribution >= 0.6 is 0 Å². The zero-order chi connectivity index (χ0) is 24.6. The van der Waals surface area contributed by atoms with Crippen LogP contribution in [0, 0.1) is 12.3 Å². The first-order valence-corrected chi connectivity index (χ1v) is 12.1. The van der Waals surface area contributed by atoms with Gasteiger partial charge in [-0.15, -0.1) is 0 Å². The average molecular weight is 463 g/mol. The predicted octanol–water partition coefficient (Wildman–Crippen LogP) is 9.13. The van der Waals surface area contributed by atoms with Crippen molar-refractivity contribution in [3.63, 3.8) is 0 Å². The summed E-state index contributed by atoms with van der Waals surface area (Å²) in [6.45, 7) is 6.06. The van der Waals surface area contributed by atoms with Crippen LogP contribution in [0.3, 0.4) is 0 Å². The Bertz CT molecular complexity index is 1820. The number of rotatable bonds is 5. The number of nitrogens with zero attached hydrogens (tertiary/aromatic N) is 1. The van der Waals surface area contributed by atoms with Gasteiger partial charge in [-0.05, 0) is 76.5 Å². The molecule has 0 saturated carbocycles. The Labute approximate surface area is 211 Å². The summed E-state index contributed by atoms with van der Waals surface area (Å²) in [6, 6.07) is 37.0. The first-order valence-electron chi connectivity index (χ1n) is 12.1. The van der Waals surface area contributed by atoms with Gasteiger partial charge in [-0.3, -0.25) is 0 Å². The summed E-state index contributed by atoms with van der Waals surface area (Å²) in [5.41, 5.74) is 9.20. The third-order valence-electron chi connectivity index (χ3n) is 6.93. The van der Waals surface area contributed by atoms with E-state index in [9.17, 15) is 0 Å². The number of aromatic nitrogens is 1. The number of benzene rings is 5. The number of hydrogen-bond donors (Lipinski definition) is 1. The number of para-hydroxylation sites is 1. The van der Waals surface area contributed by atoms with Crippen molar-refractivity contribution >= 4 is 44.4 Å². The van der Waals surface area contributed by atoms with Crippen molar-refractivity contribution in [1.82, 2.24) is 4.57 Å². The van der Waals surface area contributed by atoms with Gasteiger partial charge in [-0.25, -0.2) is 0 Å². The molecule has 1 N–H and O–H groups in total. The van der Waals surface area contributed by atoms with Crippen LogP contribution in [-0.2, 0) is 0 Å². The van der Waals surface area contributed by atoms with Gasteiger partial charge in [-0.1, -0.05) is 85.5 Å². The Kier molecular flexibility index (Phi) is 5.35. The second kappa shape index (κ2) is 8.83. The van der Waals surface area contributed by atoms with Crippen LogP contribution < -0.4 is 0 Å². The molecule has 0 bridgehead atoms. The molecule has 0 aliphatic carbocycles. The van der Waals surface area contributed by atoms with Gasteiger partial charge in [0.05, 0.1) is 11.0 Å². The Morgan fingerprint density at radius 3 is 2.33 bits per heavy atom. The summed E-state index contributed by atoms with van der Waals surface area (Å²) in [4.78, 5) is 0. The van der Waals surface area contributed by atoms with E-state index in [1.54, 1.807) is 12.2 Å². The van der Waals surface area contributed by atoms with Crippen molar-refractivity contribution in [2.75, 3.05) is 0 Å². The van der Waals surface area contributed by atoms with Crippen molar-refractivity contribution in [1.29, 1.82) is 5.41 Å². The summed E-state index contributed by atoms with van der Waals surface area (Å²) in [6.07, 6.45) is 4.87. The van der Waals surface area contributed by atoms with Gasteiger partial charge in [0.2, 0.25) is 0 Å². The van der Waals surface area contributed by atoms with Crippen molar-refractivity contribution in [2.24, 2.45) is 0 Å². The van der Waals surface area contributed by atoms with E-state index in [0.717, 1.165) is 16.7 Å². The second-order valence-corrected chi connectivity index (χ2v) is 9.16. The van der Waals surface area contributed by atoms with Gasteiger partial charge in [0, 0.05) is 28.1 Å². The van der Waals surface area contributed by atoms with Gasteiger partial charge in [0.25, 0.3) is 0 Å². The van der Waals surface area contributed by atoms with E-state index in [4.69, 9.17) is 5.41 Å². The maximum absolute atomic E-state index is 7.44. The van der Waals surface area contributed by atoms with E-state index in [1.165, 1.54) is 55.6 Å². The normalized spacial score (nSPS) is 11.9. The van der Waals surface area contributed by atoms with Crippen LogP contribution in [-0.4, -0.2) is 10.8 Å². The first kappa shape index (κ1) is 21.8. The molecule has 2 nitrogen and oxygen atoms in total. The van der Waals surface area contributed by atoms with Gasteiger partial charge < -0.3 is 9.98 Å². The molecule has 0 radical (unpaired) electrons. The standard InChI is InChI=1S/C34H26N2/c1-3-24(18-19-35)25-8-7-9-26(21-25)27-13-16-30-28(22-27)14-17-32-31-15-12-23(2)20-33(31)36(34(30)32)29-10-5-4-6-11-29/h3-22,35H,1H2,2H3/b24-18+,35-19?. The first-order chi connectivity index (χ1) is 17.7. The zero-order valence-electron chi connectivity index (χ0n) is 20.2. The molecule has 0 amide bonds. The lowest BCUT2D eigenvalue weighted by Gasteiger charge is -2.11. The molecule has 0 atom stereocenters. The zero-order valence-corrected chi connectivity index (χ0v) is 20.2. The van der Waals surface area contributed by atoms with Crippen molar-refractivity contribution in [2.45, 2.75) is 6.92 Å². The fraction of sp³-hybridized carbons (Fsp3) is 0.0294. The summed E-state index contributed by atoms with van der Waals surface area (Å²) in [5.74, 6) is 0. The van der Waals surface area contributed by atoms with Crippen LogP contribution in [0.4, 0.5) is 0 Å². The molecule has 6 rings (SSSR count). The minimum Gasteiger partial charge on any atom is -0.309 e. The highest BCUT2D eigenvalue weighted by Gasteiger charge is 2.15. The van der Waals surface area contributed by atoms with Crippen LogP contribution in [0.5, 0.6) is 0 Å². The second-order valence-electron chi connectivity index (χ2n) is 9.16. The van der Waals surface area contributed by atoms with Gasteiger partial charge in [-0.2, -0.15) is 0 Å². The quantitative estimate of drug-likeness (QED) is 0.195. The largest absolute Gasteiger partial charge is 0.309 e. The molecule has 6 aromatic rings. The van der Waals surface area contributed by atoms with Crippen LogP contribution in [0.2, 0.25) is 0 Å². The molecule has 5 aromatic carbocycles. The number of aryl methyl sites for hydroxylation is 1. The molecule has 0 spiro atoms. The molecular formula is C34H26N2. The average Bonchev–Trinajstić information content (AvgIpc) is 3.25. The van der Waals surface area contributed by atoms with Crippen molar-refractivity contribution < 1.29 is 0 Å². The molecule has 36 heavy (non-hydrogen) atoms. The topological polar surface area (TPSA) is 28.8 Å². The number of hydrogen-bond acceptors (Lipinski definition) is 1. The molecule has 0 fully saturated rings. The Morgan fingerprint density at radius 2 is 1.53 bits per heavy atom. The highest BCUT2D eigenvalue weighted by molar-refractivity contribution is 6.19. The summed E-state index contributed by atoms with van der Waals surface area (Å²) in [5, 5.41) is 12.4. The number of fused-ring (bicyclic) bond motifs is 5. The molecule has 0 saturated heterocycles. The molecule has 172 valence electrons. The van der Waals surface area contributed by atoms with E-state index >= 15 is 0 Å². The fourth-order valence-corrected chi connectivity index (χ4v) is 5.22. The molecule has 1 heterocycles. The summed E-state index contributed by atoms with van der Waals surface area (Å²) >= 11 is 0. The summed E-state index contributed by atoms with van der Waals surface area (Å²) in [7, 11) is 0. The monoisotopic (exact) mass is 462 g/mol. The smallest absolute Gasteiger partial charge is 0.0619 e.